The van der Waals surface area contributed by atoms with Crippen molar-refractivity contribution >= 4 is 21.9 Å². The summed E-state index contributed by atoms with van der Waals surface area (Å²) >= 11 is 1.27. The minimum atomic E-state index is 0.657. The van der Waals surface area contributed by atoms with E-state index in [2.05, 4.69) is 9.22 Å². The van der Waals surface area contributed by atoms with Crippen LogP contribution in [0.15, 0.2) is 0 Å². The summed E-state index contributed by atoms with van der Waals surface area (Å²) in [5.74, 6) is 0.657. The van der Waals surface area contributed by atoms with Gasteiger partial charge in [-0.3, -0.25) is 0 Å². The third kappa shape index (κ3) is 1.00. The Morgan fingerprint density at radius 3 is 2.80 bits per heavy atom. The molecule has 0 N–H and O–H groups in total. The summed E-state index contributed by atoms with van der Waals surface area (Å²) in [6.07, 6.45) is 0. The van der Waals surface area contributed by atoms with Crippen molar-refractivity contribution in [2.45, 2.75) is 0 Å². The third-order valence-corrected chi connectivity index (χ3v) is 1.40. The topological polar surface area (TPSA) is 18.5 Å². The first-order chi connectivity index (χ1) is 2.50. The second kappa shape index (κ2) is 1.92. The lowest BCUT2D eigenvalue weighted by atomic mass is 11.7. The Hall–Kier alpha value is 0.620. The van der Waals surface area contributed by atoms with Crippen LogP contribution < -0.4 is 0 Å². The van der Waals surface area contributed by atoms with Crippen molar-refractivity contribution < 1.29 is 9.22 Å². The summed E-state index contributed by atoms with van der Waals surface area (Å²) in [5.41, 5.74) is 0. The van der Waals surface area contributed by atoms with Crippen LogP contribution in [0.25, 0.3) is 0 Å². The van der Waals surface area contributed by atoms with Crippen LogP contribution in [0.4, 0.5) is 0 Å². The Morgan fingerprint density at radius 1 is 1.60 bits per heavy atom. The van der Waals surface area contributed by atoms with Gasteiger partial charge in [0.2, 0.25) is 0 Å². The van der Waals surface area contributed by atoms with E-state index in [4.69, 9.17) is 0 Å². The highest BCUT2D eigenvalue weighted by Gasteiger charge is 1.98. The van der Waals surface area contributed by atoms with E-state index in [0.717, 1.165) is 0 Å². The van der Waals surface area contributed by atoms with Crippen molar-refractivity contribution in [2.24, 2.45) is 0 Å². The van der Waals surface area contributed by atoms with Crippen molar-refractivity contribution in [3.63, 3.8) is 0 Å². The summed E-state index contributed by atoms with van der Waals surface area (Å²) in [7, 11) is 1.55. The van der Waals surface area contributed by atoms with E-state index < -0.39 is 0 Å². The summed E-state index contributed by atoms with van der Waals surface area (Å²) in [4.78, 5) is 4.37. The van der Waals surface area contributed by atoms with Crippen molar-refractivity contribution in [1.82, 2.24) is 0 Å². The molecule has 0 unspecified atom stereocenters. The Labute approximate surface area is 37.7 Å². The predicted molar refractivity (Wildman–Crippen MR) is 22.2 cm³/mol. The van der Waals surface area contributed by atoms with Crippen molar-refractivity contribution in [1.29, 1.82) is 0 Å². The molecule has 5 heavy (non-hydrogen) atoms. The highest BCUT2D eigenvalue weighted by molar-refractivity contribution is 8.75. The lowest BCUT2D eigenvalue weighted by molar-refractivity contribution is -0.160. The van der Waals surface area contributed by atoms with E-state index >= 15 is 0 Å². The third-order valence-electron chi connectivity index (χ3n) is 0.220. The molecule has 0 bridgehead atoms. The molecule has 1 aliphatic rings. The minimum Gasteiger partial charge on any atom is -0.212 e. The number of hydrogen-bond acceptors (Lipinski definition) is 4. The van der Waals surface area contributed by atoms with Crippen molar-refractivity contribution in [3.05, 3.63) is 0 Å². The van der Waals surface area contributed by atoms with Gasteiger partial charge in [0.15, 0.2) is 0 Å². The Kier molecular flexibility index (Phi) is 1.46. The van der Waals surface area contributed by atoms with Gasteiger partial charge in [-0.1, -0.05) is 0 Å². The zero-order valence-corrected chi connectivity index (χ0v) is 3.97. The van der Waals surface area contributed by atoms with Crippen molar-refractivity contribution in [3.8, 4) is 0 Å². The van der Waals surface area contributed by atoms with Crippen LogP contribution in [0.5, 0.6) is 0 Å². The summed E-state index contributed by atoms with van der Waals surface area (Å²) < 4.78 is 4.32. The zero-order valence-electron chi connectivity index (χ0n) is 2.34. The largest absolute Gasteiger partial charge is 0.212 e. The molecule has 4 heteroatoms. The Bertz CT molecular complexity index is 19.2. The number of rotatable bonds is 0. The van der Waals surface area contributed by atoms with Gasteiger partial charge in [-0.15, -0.1) is 0 Å². The fourth-order valence-electron chi connectivity index (χ4n) is 0.0982. The van der Waals surface area contributed by atoms with Gasteiger partial charge in [0.05, 0.1) is 0 Å². The van der Waals surface area contributed by atoms with Crippen LogP contribution in [0.1, 0.15) is 0 Å². The molecule has 0 aliphatic carbocycles. The van der Waals surface area contributed by atoms with Crippen molar-refractivity contribution in [2.75, 3.05) is 5.94 Å². The molecule has 2 nitrogen and oxygen atoms in total. The van der Waals surface area contributed by atoms with E-state index in [1.54, 1.807) is 10.8 Å². The fourth-order valence-corrected chi connectivity index (χ4v) is 0.884. The van der Waals surface area contributed by atoms with Crippen LogP contribution in [-0.2, 0) is 9.22 Å². The lowest BCUT2D eigenvalue weighted by Gasteiger charge is -1.72. The second-order valence-corrected chi connectivity index (χ2v) is 2.35. The molecule has 0 saturated carbocycles. The van der Waals surface area contributed by atoms with Gasteiger partial charge in [-0.25, -0.2) is 4.89 Å². The van der Waals surface area contributed by atoms with E-state index in [1.165, 1.54) is 11.1 Å². The van der Waals surface area contributed by atoms with Crippen LogP contribution in [0.2, 0.25) is 0 Å². The van der Waals surface area contributed by atoms with Gasteiger partial charge >= 0.3 is 0 Å². The molecular weight excluding hydrogens is 108 g/mol. The van der Waals surface area contributed by atoms with E-state index in [1.807, 2.05) is 0 Å². The van der Waals surface area contributed by atoms with E-state index in [0.29, 0.717) is 5.94 Å². The fraction of sp³-hybridized carbons (Fsp3) is 1.00. The average molecular weight is 110 g/mol. The molecule has 1 heterocycles. The summed E-state index contributed by atoms with van der Waals surface area (Å²) in [6, 6.07) is 0. The van der Waals surface area contributed by atoms with Crippen LogP contribution >= 0.6 is 21.9 Å². The van der Waals surface area contributed by atoms with Crippen LogP contribution in [-0.4, -0.2) is 5.94 Å². The predicted octanol–water partition coefficient (Wildman–Crippen LogP) is 1.20. The van der Waals surface area contributed by atoms with Gasteiger partial charge < -0.3 is 0 Å². The molecule has 0 aromatic rings. The molecule has 30 valence electrons. The monoisotopic (exact) mass is 110 g/mol. The highest BCUT2D eigenvalue weighted by Crippen LogP contribution is 2.29. The maximum absolute atomic E-state index is 4.37. The van der Waals surface area contributed by atoms with E-state index in [-0.39, 0.29) is 0 Å². The SMILES string of the molecule is C1OOSS1. The molecule has 1 rings (SSSR count). The van der Waals surface area contributed by atoms with Gasteiger partial charge in [0, 0.05) is 0 Å². The molecule has 0 amide bonds. The smallest absolute Gasteiger partial charge is 0.141 e. The average Bonchev–Trinajstić information content (AvgIpc) is 1.76. The van der Waals surface area contributed by atoms with Crippen LogP contribution in [0, 0.1) is 0 Å². The molecular formula is CH2O2S2. The van der Waals surface area contributed by atoms with E-state index in [9.17, 15) is 0 Å². The Morgan fingerprint density at radius 2 is 2.60 bits per heavy atom. The first kappa shape index (κ1) is 3.80. The minimum absolute atomic E-state index is 0.657. The standard InChI is InChI=1S/CH2O2S2/c1-2-3-5-4-1/h1H2. The molecule has 0 spiro atoms. The summed E-state index contributed by atoms with van der Waals surface area (Å²) in [6.45, 7) is 0. The first-order valence-electron chi connectivity index (χ1n) is 1.08. The van der Waals surface area contributed by atoms with Gasteiger partial charge in [0.25, 0.3) is 0 Å². The lowest BCUT2D eigenvalue weighted by Crippen LogP contribution is -1.68. The molecule has 1 aliphatic heterocycles. The molecule has 0 aromatic heterocycles. The first-order valence-corrected chi connectivity index (χ1v) is 3.32. The van der Waals surface area contributed by atoms with Gasteiger partial charge in [0.1, 0.15) is 17.0 Å². The molecule has 0 atom stereocenters. The van der Waals surface area contributed by atoms with Gasteiger partial charge in [-0.05, 0) is 10.8 Å². The maximum atomic E-state index is 4.37. The second-order valence-electron chi connectivity index (χ2n) is 0.490. The molecule has 0 aromatic carbocycles. The highest BCUT2D eigenvalue weighted by atomic mass is 33.1. The normalized spacial score (nSPS) is 24.0. The molecule has 1 saturated heterocycles. The Balaban J connectivity index is 2.08. The van der Waals surface area contributed by atoms with Gasteiger partial charge in [-0.2, -0.15) is 4.33 Å². The molecule has 0 radical (unpaired) electrons. The number of hydrogen-bond donors (Lipinski definition) is 0. The van der Waals surface area contributed by atoms with Crippen LogP contribution in [0.3, 0.4) is 0 Å². The summed E-state index contributed by atoms with van der Waals surface area (Å²) in [5, 5.41) is 0. The maximum Gasteiger partial charge on any atom is 0.141 e. The quantitative estimate of drug-likeness (QED) is 0.265. The zero-order chi connectivity index (χ0) is 3.54. The molecule has 1 fully saturated rings.